The number of fused-ring (bicyclic) bond motifs is 1. The molecule has 8 nitrogen and oxygen atoms in total. The Morgan fingerprint density at radius 1 is 1.44 bits per heavy atom. The Labute approximate surface area is 102 Å². The third-order valence-corrected chi connectivity index (χ3v) is 3.02. The maximum absolute atomic E-state index is 10.8. The molecule has 3 atom stereocenters. The van der Waals surface area contributed by atoms with Crippen molar-refractivity contribution >= 4 is 11.2 Å². The van der Waals surface area contributed by atoms with Gasteiger partial charge in [-0.2, -0.15) is 4.98 Å². The first-order valence-electron chi connectivity index (χ1n) is 5.49. The summed E-state index contributed by atoms with van der Waals surface area (Å²) >= 11 is 0. The molecule has 1 radical (unpaired) electrons. The molecule has 0 saturated carbocycles. The molecule has 8 heteroatoms. The van der Waals surface area contributed by atoms with Crippen molar-refractivity contribution in [1.29, 1.82) is 0 Å². The third kappa shape index (κ3) is 1.62. The number of nitrogens with zero attached hydrogens (tertiary/aromatic N) is 4. The largest absolute Gasteiger partial charge is 0.492 e. The van der Waals surface area contributed by atoms with E-state index in [9.17, 15) is 15.3 Å². The van der Waals surface area contributed by atoms with Crippen LogP contribution in [0.3, 0.4) is 0 Å². The fourth-order valence-electron chi connectivity index (χ4n) is 2.09. The lowest BCUT2D eigenvalue weighted by atomic mass is 10.2. The monoisotopic (exact) mass is 251 g/mol. The Bertz CT molecular complexity index is 572. The van der Waals surface area contributed by atoms with Crippen molar-refractivity contribution in [3.8, 4) is 5.88 Å². The summed E-state index contributed by atoms with van der Waals surface area (Å²) < 4.78 is 7.01. The van der Waals surface area contributed by atoms with Crippen molar-refractivity contribution in [3.63, 3.8) is 0 Å². The molecule has 0 spiro atoms. The van der Waals surface area contributed by atoms with Gasteiger partial charge in [-0.15, -0.1) is 0 Å². The van der Waals surface area contributed by atoms with Crippen LogP contribution in [0.2, 0.25) is 0 Å². The fourth-order valence-corrected chi connectivity index (χ4v) is 2.09. The molecule has 2 N–H and O–H groups in total. The molecule has 0 amide bonds. The zero-order chi connectivity index (χ0) is 12.7. The van der Waals surface area contributed by atoms with Crippen molar-refractivity contribution in [2.45, 2.75) is 24.9 Å². The molecule has 0 aliphatic carbocycles. The van der Waals surface area contributed by atoms with Crippen molar-refractivity contribution in [2.75, 3.05) is 6.61 Å². The van der Waals surface area contributed by atoms with E-state index >= 15 is 0 Å². The van der Waals surface area contributed by atoms with Gasteiger partial charge in [0, 0.05) is 6.42 Å². The molecule has 3 rings (SSSR count). The van der Waals surface area contributed by atoms with Crippen molar-refractivity contribution < 1.29 is 20.1 Å². The van der Waals surface area contributed by atoms with Gasteiger partial charge in [-0.1, -0.05) is 0 Å². The molecule has 1 aliphatic heterocycles. The minimum atomic E-state index is -0.791. The number of aromatic nitrogens is 4. The number of ether oxygens (including phenoxy) is 1. The molecule has 18 heavy (non-hydrogen) atoms. The third-order valence-electron chi connectivity index (χ3n) is 3.02. The highest BCUT2D eigenvalue weighted by Crippen LogP contribution is 2.31. The summed E-state index contributed by atoms with van der Waals surface area (Å²) in [6.07, 6.45) is 0.945. The molecule has 1 aliphatic rings. The summed E-state index contributed by atoms with van der Waals surface area (Å²) in [5.41, 5.74) is 0.674. The Kier molecular flexibility index (Phi) is 2.62. The van der Waals surface area contributed by atoms with Crippen LogP contribution in [0.1, 0.15) is 12.6 Å². The second-order valence-electron chi connectivity index (χ2n) is 4.12. The summed E-state index contributed by atoms with van der Waals surface area (Å²) in [4.78, 5) is 11.6. The molecule has 0 aromatic carbocycles. The smallest absolute Gasteiger partial charge is 0.242 e. The lowest BCUT2D eigenvalue weighted by Gasteiger charge is -2.12. The van der Waals surface area contributed by atoms with Crippen molar-refractivity contribution in [1.82, 2.24) is 19.5 Å². The van der Waals surface area contributed by atoms with Gasteiger partial charge < -0.3 is 14.9 Å². The number of aliphatic hydroxyl groups is 1. The minimum Gasteiger partial charge on any atom is -0.492 e. The van der Waals surface area contributed by atoms with Crippen LogP contribution in [0.25, 0.3) is 11.2 Å². The summed E-state index contributed by atoms with van der Waals surface area (Å²) in [6, 6.07) is 0. The highest BCUT2D eigenvalue weighted by molar-refractivity contribution is 5.75. The first-order chi connectivity index (χ1) is 8.70. The standard InChI is InChI=1S/C10H11N4O4/c15-2-6-5(16)1-7(18-6)14-4-13-8-9(14)11-3-12-10(8)17/h3-7,16H,1-2H2,(H,11,12,17)/t5-,6+,7+/m0/s1. The number of hydrogen-bond acceptors (Lipinski definition) is 6. The predicted octanol–water partition coefficient (Wildman–Crippen LogP) is -0.389. The molecule has 3 heterocycles. The van der Waals surface area contributed by atoms with E-state index in [4.69, 9.17) is 4.74 Å². The molecule has 95 valence electrons. The van der Waals surface area contributed by atoms with Gasteiger partial charge in [0.25, 0.3) is 0 Å². The maximum Gasteiger partial charge on any atom is 0.242 e. The highest BCUT2D eigenvalue weighted by atomic mass is 16.5. The van der Waals surface area contributed by atoms with Crippen LogP contribution < -0.4 is 0 Å². The van der Waals surface area contributed by atoms with Crippen LogP contribution in [0, 0.1) is 0 Å². The molecule has 2 aromatic heterocycles. The minimum absolute atomic E-state index is 0.210. The number of rotatable bonds is 2. The van der Waals surface area contributed by atoms with Gasteiger partial charge in [0.05, 0.1) is 12.4 Å². The lowest BCUT2D eigenvalue weighted by molar-refractivity contribution is -0.0575. The first kappa shape index (κ1) is 11.3. The van der Waals surface area contributed by atoms with Gasteiger partial charge in [0.1, 0.15) is 25.3 Å². The number of imidazole rings is 1. The Morgan fingerprint density at radius 2 is 2.28 bits per heavy atom. The second kappa shape index (κ2) is 4.16. The van der Waals surface area contributed by atoms with Crippen LogP contribution in [0.5, 0.6) is 5.88 Å². The second-order valence-corrected chi connectivity index (χ2v) is 4.12. The zero-order valence-corrected chi connectivity index (χ0v) is 9.30. The fraction of sp³-hybridized carbons (Fsp3) is 0.500. The maximum atomic E-state index is 10.8. The van der Waals surface area contributed by atoms with Crippen LogP contribution >= 0.6 is 0 Å². The molecule has 1 fully saturated rings. The number of aromatic hydroxyl groups is 1. The van der Waals surface area contributed by atoms with Crippen LogP contribution in [-0.4, -0.2) is 48.5 Å². The summed E-state index contributed by atoms with van der Waals surface area (Å²) in [7, 11) is 0. The topological polar surface area (TPSA) is 113 Å². The van der Waals surface area contributed by atoms with Gasteiger partial charge in [-0.05, 0) is 0 Å². The van der Waals surface area contributed by atoms with E-state index in [0.717, 1.165) is 0 Å². The van der Waals surface area contributed by atoms with E-state index in [1.54, 1.807) is 4.57 Å². The van der Waals surface area contributed by atoms with E-state index in [2.05, 4.69) is 15.0 Å². The van der Waals surface area contributed by atoms with E-state index in [-0.39, 0.29) is 11.4 Å². The van der Waals surface area contributed by atoms with E-state index in [1.807, 2.05) is 0 Å². The molecule has 2 aromatic rings. The Morgan fingerprint density at radius 3 is 3.00 bits per heavy atom. The van der Waals surface area contributed by atoms with E-state index in [0.29, 0.717) is 12.1 Å². The van der Waals surface area contributed by atoms with E-state index < -0.39 is 25.0 Å². The van der Waals surface area contributed by atoms with Gasteiger partial charge in [-0.25, -0.2) is 15.1 Å². The summed E-state index contributed by atoms with van der Waals surface area (Å²) in [5.74, 6) is -0.210. The summed E-state index contributed by atoms with van der Waals surface area (Å²) in [6.45, 7) is -0.496. The molecular weight excluding hydrogens is 240 g/mol. The normalized spacial score (nSPS) is 28.0. The summed E-state index contributed by atoms with van der Waals surface area (Å²) in [5, 5.41) is 30.0. The predicted molar refractivity (Wildman–Crippen MR) is 57.1 cm³/mol. The molecular formula is C10H11N4O4. The van der Waals surface area contributed by atoms with Gasteiger partial charge in [-0.3, -0.25) is 4.57 Å². The number of hydrogen-bond donors (Lipinski definition) is 2. The van der Waals surface area contributed by atoms with Gasteiger partial charge in [0.2, 0.25) is 5.88 Å². The highest BCUT2D eigenvalue weighted by Gasteiger charge is 2.35. The Balaban J connectivity index is 1.99. The average Bonchev–Trinajstić information content (AvgIpc) is 2.93. The quantitative estimate of drug-likeness (QED) is 0.751. The molecule has 0 unspecified atom stereocenters. The number of aliphatic hydroxyl groups excluding tert-OH is 1. The van der Waals surface area contributed by atoms with Crippen LogP contribution in [0.15, 0.2) is 12.7 Å². The first-order valence-corrected chi connectivity index (χ1v) is 5.49. The molecule has 0 bridgehead atoms. The average molecular weight is 251 g/mol. The van der Waals surface area contributed by atoms with E-state index in [1.165, 1.54) is 12.7 Å². The van der Waals surface area contributed by atoms with Gasteiger partial charge in [0.15, 0.2) is 11.2 Å². The van der Waals surface area contributed by atoms with Crippen LogP contribution in [-0.2, 0) is 9.84 Å². The van der Waals surface area contributed by atoms with Crippen molar-refractivity contribution in [2.24, 2.45) is 0 Å². The lowest BCUT2D eigenvalue weighted by Crippen LogP contribution is -2.23. The SMILES string of the molecule is [O]C[C@H]1O[C@@H](n2cnc3c(O)ncnc32)C[C@@H]1O. The molecule has 1 saturated heterocycles. The van der Waals surface area contributed by atoms with Crippen LogP contribution in [0.4, 0.5) is 0 Å². The van der Waals surface area contributed by atoms with Gasteiger partial charge >= 0.3 is 0 Å². The van der Waals surface area contributed by atoms with Crippen molar-refractivity contribution in [3.05, 3.63) is 12.7 Å². The Hall–Kier alpha value is -1.77. The zero-order valence-electron chi connectivity index (χ0n) is 9.30.